The molecule has 2 heterocycles. The van der Waals surface area contributed by atoms with Crippen LogP contribution in [0.5, 0.6) is 0 Å². The molecular formula is C15H27N3S. The molecule has 0 spiro atoms. The Hall–Kier alpha value is -0.450. The molecule has 3 unspecified atom stereocenters. The van der Waals surface area contributed by atoms with Crippen LogP contribution < -0.4 is 5.32 Å². The molecular weight excluding hydrogens is 254 g/mol. The number of thiazole rings is 1. The molecule has 1 aromatic heterocycles. The van der Waals surface area contributed by atoms with Crippen molar-refractivity contribution in [2.75, 3.05) is 19.6 Å². The summed E-state index contributed by atoms with van der Waals surface area (Å²) in [5, 5.41) is 7.08. The lowest BCUT2D eigenvalue weighted by Gasteiger charge is -2.46. The van der Waals surface area contributed by atoms with Gasteiger partial charge < -0.3 is 5.32 Å². The average molecular weight is 281 g/mol. The Labute approximate surface area is 121 Å². The summed E-state index contributed by atoms with van der Waals surface area (Å²) >= 11 is 1.78. The molecule has 1 aliphatic heterocycles. The van der Waals surface area contributed by atoms with E-state index in [1.807, 2.05) is 6.20 Å². The van der Waals surface area contributed by atoms with Crippen LogP contribution in [-0.4, -0.2) is 41.1 Å². The van der Waals surface area contributed by atoms with Crippen LogP contribution >= 0.6 is 11.3 Å². The molecule has 0 saturated carbocycles. The highest BCUT2D eigenvalue weighted by Gasteiger charge is 2.34. The van der Waals surface area contributed by atoms with Crippen molar-refractivity contribution in [2.45, 2.75) is 58.0 Å². The first-order valence-electron chi connectivity index (χ1n) is 7.46. The summed E-state index contributed by atoms with van der Waals surface area (Å²) in [6.07, 6.45) is 4.32. The quantitative estimate of drug-likeness (QED) is 0.899. The lowest BCUT2D eigenvalue weighted by atomic mass is 9.92. The van der Waals surface area contributed by atoms with Gasteiger partial charge in [0.25, 0.3) is 0 Å². The molecule has 4 heteroatoms. The molecule has 19 heavy (non-hydrogen) atoms. The van der Waals surface area contributed by atoms with Gasteiger partial charge in [0.2, 0.25) is 0 Å². The van der Waals surface area contributed by atoms with Crippen LogP contribution in [0.2, 0.25) is 0 Å². The minimum absolute atomic E-state index is 0.272. The van der Waals surface area contributed by atoms with E-state index in [-0.39, 0.29) is 5.54 Å². The van der Waals surface area contributed by atoms with Gasteiger partial charge in [0.05, 0.1) is 5.01 Å². The van der Waals surface area contributed by atoms with E-state index < -0.39 is 0 Å². The SMILES string of the molecule is CCC1CNC(C)(CC)CN1CC(C)c1nccs1. The first-order chi connectivity index (χ1) is 9.08. The number of aromatic nitrogens is 1. The van der Waals surface area contributed by atoms with Crippen LogP contribution in [0, 0.1) is 0 Å². The first-order valence-corrected chi connectivity index (χ1v) is 8.34. The van der Waals surface area contributed by atoms with Crippen molar-refractivity contribution in [1.29, 1.82) is 0 Å². The lowest BCUT2D eigenvalue weighted by molar-refractivity contribution is 0.0776. The molecule has 108 valence electrons. The standard InChI is InChI=1S/C15H27N3S/c1-5-13-9-17-15(4,6-2)11-18(13)10-12(3)14-16-7-8-19-14/h7-8,12-13,17H,5-6,9-11H2,1-4H3. The molecule has 1 N–H and O–H groups in total. The Kier molecular flexibility index (Phi) is 4.98. The number of hydrogen-bond donors (Lipinski definition) is 1. The van der Waals surface area contributed by atoms with E-state index in [0.29, 0.717) is 12.0 Å². The van der Waals surface area contributed by atoms with Crippen molar-refractivity contribution in [1.82, 2.24) is 15.2 Å². The fraction of sp³-hybridized carbons (Fsp3) is 0.800. The third kappa shape index (κ3) is 3.56. The smallest absolute Gasteiger partial charge is 0.0965 e. The zero-order chi connectivity index (χ0) is 13.9. The van der Waals surface area contributed by atoms with Crippen LogP contribution in [-0.2, 0) is 0 Å². The predicted molar refractivity (Wildman–Crippen MR) is 82.9 cm³/mol. The van der Waals surface area contributed by atoms with Gasteiger partial charge in [-0.05, 0) is 19.8 Å². The Morgan fingerprint density at radius 3 is 2.95 bits per heavy atom. The number of piperazine rings is 1. The Morgan fingerprint density at radius 1 is 1.58 bits per heavy atom. The second kappa shape index (κ2) is 6.33. The van der Waals surface area contributed by atoms with Gasteiger partial charge in [-0.3, -0.25) is 4.90 Å². The fourth-order valence-electron chi connectivity index (χ4n) is 2.89. The Balaban J connectivity index is 2.02. The van der Waals surface area contributed by atoms with Gasteiger partial charge in [-0.1, -0.05) is 20.8 Å². The topological polar surface area (TPSA) is 28.2 Å². The molecule has 1 aliphatic rings. The molecule has 1 fully saturated rings. The van der Waals surface area contributed by atoms with Crippen LogP contribution in [0.1, 0.15) is 51.5 Å². The molecule has 3 atom stereocenters. The second-order valence-corrected chi connectivity index (χ2v) is 6.98. The molecule has 1 aromatic rings. The van der Waals surface area contributed by atoms with Crippen molar-refractivity contribution in [3.63, 3.8) is 0 Å². The van der Waals surface area contributed by atoms with Crippen LogP contribution in [0.25, 0.3) is 0 Å². The third-order valence-electron chi connectivity index (χ3n) is 4.47. The highest BCUT2D eigenvalue weighted by atomic mass is 32.1. The summed E-state index contributed by atoms with van der Waals surface area (Å²) in [5.74, 6) is 0.535. The molecule has 3 nitrogen and oxygen atoms in total. The molecule has 0 amide bonds. The van der Waals surface area contributed by atoms with Crippen LogP contribution in [0.4, 0.5) is 0 Å². The number of rotatable bonds is 5. The maximum absolute atomic E-state index is 4.47. The van der Waals surface area contributed by atoms with E-state index in [4.69, 9.17) is 0 Å². The predicted octanol–water partition coefficient (Wildman–Crippen LogP) is 3.10. The minimum atomic E-state index is 0.272. The zero-order valence-electron chi connectivity index (χ0n) is 12.6. The summed E-state index contributed by atoms with van der Waals surface area (Å²) < 4.78 is 0. The van der Waals surface area contributed by atoms with E-state index >= 15 is 0 Å². The number of nitrogens with zero attached hydrogens (tertiary/aromatic N) is 2. The van der Waals surface area contributed by atoms with E-state index in [2.05, 4.69) is 48.3 Å². The molecule has 0 aliphatic carbocycles. The van der Waals surface area contributed by atoms with Crippen LogP contribution in [0.15, 0.2) is 11.6 Å². The van der Waals surface area contributed by atoms with Crippen LogP contribution in [0.3, 0.4) is 0 Å². The molecule has 0 bridgehead atoms. The van der Waals surface area contributed by atoms with Crippen molar-refractivity contribution < 1.29 is 0 Å². The van der Waals surface area contributed by atoms with Gasteiger partial charge in [-0.2, -0.15) is 0 Å². The van der Waals surface area contributed by atoms with Gasteiger partial charge in [-0.25, -0.2) is 4.98 Å². The van der Waals surface area contributed by atoms with Gasteiger partial charge in [0.15, 0.2) is 0 Å². The van der Waals surface area contributed by atoms with Crippen molar-refractivity contribution >= 4 is 11.3 Å². The van der Waals surface area contributed by atoms with Gasteiger partial charge >= 0.3 is 0 Å². The molecule has 0 aromatic carbocycles. The summed E-state index contributed by atoms with van der Waals surface area (Å²) in [4.78, 5) is 7.14. The van der Waals surface area contributed by atoms with Crippen molar-refractivity contribution in [2.24, 2.45) is 0 Å². The average Bonchev–Trinajstić information content (AvgIpc) is 2.93. The summed E-state index contributed by atoms with van der Waals surface area (Å²) in [6, 6.07) is 0.669. The maximum Gasteiger partial charge on any atom is 0.0965 e. The molecule has 2 rings (SSSR count). The normalized spacial score (nSPS) is 30.4. The van der Waals surface area contributed by atoms with E-state index in [0.717, 1.165) is 19.6 Å². The molecule has 1 saturated heterocycles. The Morgan fingerprint density at radius 2 is 2.37 bits per heavy atom. The first kappa shape index (κ1) is 14.9. The largest absolute Gasteiger partial charge is 0.309 e. The third-order valence-corrected chi connectivity index (χ3v) is 5.47. The van der Waals surface area contributed by atoms with Gasteiger partial charge in [-0.15, -0.1) is 11.3 Å². The zero-order valence-corrected chi connectivity index (χ0v) is 13.5. The fourth-order valence-corrected chi connectivity index (χ4v) is 3.58. The van der Waals surface area contributed by atoms with E-state index in [9.17, 15) is 0 Å². The van der Waals surface area contributed by atoms with Crippen molar-refractivity contribution in [3.05, 3.63) is 16.6 Å². The lowest BCUT2D eigenvalue weighted by Crippen LogP contribution is -2.62. The van der Waals surface area contributed by atoms with E-state index in [1.54, 1.807) is 11.3 Å². The number of hydrogen-bond acceptors (Lipinski definition) is 4. The Bertz CT molecular complexity index is 379. The monoisotopic (exact) mass is 281 g/mol. The molecule has 0 radical (unpaired) electrons. The van der Waals surface area contributed by atoms with E-state index in [1.165, 1.54) is 17.8 Å². The minimum Gasteiger partial charge on any atom is -0.309 e. The van der Waals surface area contributed by atoms with Gasteiger partial charge in [0, 0.05) is 48.7 Å². The van der Waals surface area contributed by atoms with Crippen molar-refractivity contribution in [3.8, 4) is 0 Å². The maximum atomic E-state index is 4.47. The number of nitrogens with one attached hydrogen (secondary N) is 1. The highest BCUT2D eigenvalue weighted by Crippen LogP contribution is 2.25. The highest BCUT2D eigenvalue weighted by molar-refractivity contribution is 7.09. The summed E-state index contributed by atoms with van der Waals surface area (Å²) in [5.41, 5.74) is 0.272. The summed E-state index contributed by atoms with van der Waals surface area (Å²) in [7, 11) is 0. The van der Waals surface area contributed by atoms with Gasteiger partial charge in [0.1, 0.15) is 0 Å². The summed E-state index contributed by atoms with van der Waals surface area (Å²) in [6.45, 7) is 12.6. The second-order valence-electron chi connectivity index (χ2n) is 6.06.